The molecule has 3 nitrogen and oxygen atoms in total. The van der Waals surface area contributed by atoms with Crippen molar-refractivity contribution in [2.24, 2.45) is 5.92 Å². The number of carbonyl (C=O) groups is 1. The number of aromatic nitrogens is 1. The second-order valence-electron chi connectivity index (χ2n) is 3.37. The minimum absolute atomic E-state index is 0.0268. The minimum atomic E-state index is -0.0884. The summed E-state index contributed by atoms with van der Waals surface area (Å²) in [5, 5.41) is 2.95. The Hall–Kier alpha value is -0.900. The van der Waals surface area contributed by atoms with Crippen molar-refractivity contribution in [2.75, 3.05) is 6.61 Å². The van der Waals surface area contributed by atoms with Crippen LogP contribution in [0.25, 0.3) is 0 Å². The van der Waals surface area contributed by atoms with Gasteiger partial charge in [0.15, 0.2) is 0 Å². The maximum atomic E-state index is 11.6. The first kappa shape index (κ1) is 12.2. The Balaban J connectivity index is 2.53. The maximum absolute atomic E-state index is 11.6. The number of hydrogen-bond acceptors (Lipinski definition) is 4. The smallest absolute Gasteiger partial charge is 0.309 e. The monoisotopic (exact) mass is 227 g/mol. The lowest BCUT2D eigenvalue weighted by Crippen LogP contribution is -2.19. The molecule has 0 N–H and O–H groups in total. The third-order valence-electron chi connectivity index (χ3n) is 2.16. The first-order chi connectivity index (χ1) is 7.27. The second kappa shape index (κ2) is 6.56. The van der Waals surface area contributed by atoms with Crippen molar-refractivity contribution in [3.05, 3.63) is 16.6 Å². The number of carbonyl (C=O) groups excluding carboxylic acids is 1. The third kappa shape index (κ3) is 4.00. The number of ether oxygens (including phenoxy) is 1. The average Bonchev–Trinajstić information content (AvgIpc) is 2.70. The van der Waals surface area contributed by atoms with E-state index in [2.05, 4.69) is 11.9 Å². The summed E-state index contributed by atoms with van der Waals surface area (Å²) in [6.07, 6.45) is 4.35. The van der Waals surface area contributed by atoms with Crippen LogP contribution in [0.1, 0.15) is 31.7 Å². The number of nitrogens with zero attached hydrogens (tertiary/aromatic N) is 1. The lowest BCUT2D eigenvalue weighted by atomic mass is 10.0. The molecule has 1 aromatic heterocycles. The molecule has 0 bridgehead atoms. The summed E-state index contributed by atoms with van der Waals surface area (Å²) in [6.45, 7) is 4.37. The Kier molecular flexibility index (Phi) is 5.32. The van der Waals surface area contributed by atoms with Gasteiger partial charge in [-0.2, -0.15) is 0 Å². The van der Waals surface area contributed by atoms with Crippen molar-refractivity contribution < 1.29 is 9.53 Å². The van der Waals surface area contributed by atoms with Gasteiger partial charge in [0.05, 0.1) is 17.5 Å². The van der Waals surface area contributed by atoms with Crippen LogP contribution in [0.5, 0.6) is 0 Å². The predicted molar refractivity (Wildman–Crippen MR) is 60.8 cm³/mol. The summed E-state index contributed by atoms with van der Waals surface area (Å²) in [5.41, 5.74) is 0. The lowest BCUT2D eigenvalue weighted by Gasteiger charge is -2.12. The molecule has 1 rings (SSSR count). The summed E-state index contributed by atoms with van der Waals surface area (Å²) in [6, 6.07) is 0. The van der Waals surface area contributed by atoms with E-state index in [9.17, 15) is 4.79 Å². The molecule has 0 aliphatic carbocycles. The number of hydrogen-bond donors (Lipinski definition) is 0. The molecular formula is C11H17NO2S. The van der Waals surface area contributed by atoms with E-state index in [1.165, 1.54) is 0 Å². The number of thiazole rings is 1. The fraction of sp³-hybridized carbons (Fsp3) is 0.636. The van der Waals surface area contributed by atoms with Gasteiger partial charge in [0.25, 0.3) is 0 Å². The van der Waals surface area contributed by atoms with Gasteiger partial charge in [-0.1, -0.05) is 13.3 Å². The quantitative estimate of drug-likeness (QED) is 0.701. The van der Waals surface area contributed by atoms with Crippen molar-refractivity contribution >= 4 is 17.3 Å². The van der Waals surface area contributed by atoms with Crippen LogP contribution in [0.3, 0.4) is 0 Å². The van der Waals surface area contributed by atoms with Crippen LogP contribution in [0.4, 0.5) is 0 Å². The Morgan fingerprint density at radius 3 is 2.93 bits per heavy atom. The fourth-order valence-corrected chi connectivity index (χ4v) is 2.17. The van der Waals surface area contributed by atoms with Gasteiger partial charge in [-0.15, -0.1) is 11.3 Å². The van der Waals surface area contributed by atoms with Gasteiger partial charge in [-0.25, -0.2) is 4.98 Å². The van der Waals surface area contributed by atoms with E-state index in [4.69, 9.17) is 4.74 Å². The van der Waals surface area contributed by atoms with Gasteiger partial charge >= 0.3 is 5.97 Å². The van der Waals surface area contributed by atoms with Gasteiger partial charge < -0.3 is 4.74 Å². The van der Waals surface area contributed by atoms with Crippen LogP contribution in [-0.4, -0.2) is 17.6 Å². The fourth-order valence-electron chi connectivity index (χ4n) is 1.48. The normalized spacial score (nSPS) is 12.4. The van der Waals surface area contributed by atoms with E-state index < -0.39 is 0 Å². The standard InChI is InChI=1S/C11H17NO2S/c1-3-5-9(11(13)14-4-2)8-10-12-6-7-15-10/h6-7,9H,3-5,8H2,1-2H3. The summed E-state index contributed by atoms with van der Waals surface area (Å²) in [4.78, 5) is 15.8. The number of rotatable bonds is 6. The zero-order valence-electron chi connectivity index (χ0n) is 9.23. The Morgan fingerprint density at radius 1 is 1.60 bits per heavy atom. The molecule has 0 aliphatic rings. The van der Waals surface area contributed by atoms with E-state index in [0.717, 1.165) is 17.8 Å². The van der Waals surface area contributed by atoms with Crippen LogP contribution in [0.15, 0.2) is 11.6 Å². The van der Waals surface area contributed by atoms with Crippen LogP contribution in [0, 0.1) is 5.92 Å². The molecular weight excluding hydrogens is 210 g/mol. The predicted octanol–water partition coefficient (Wildman–Crippen LogP) is 2.67. The molecule has 0 fully saturated rings. The van der Waals surface area contributed by atoms with E-state index in [0.29, 0.717) is 13.0 Å². The SMILES string of the molecule is CCCC(Cc1nccs1)C(=O)OCC. The Bertz CT molecular complexity index is 285. The average molecular weight is 227 g/mol. The largest absolute Gasteiger partial charge is 0.466 e. The molecule has 1 heterocycles. The highest BCUT2D eigenvalue weighted by Crippen LogP contribution is 2.17. The van der Waals surface area contributed by atoms with Crippen molar-refractivity contribution in [1.82, 2.24) is 4.98 Å². The molecule has 0 amide bonds. The molecule has 1 aromatic rings. The van der Waals surface area contributed by atoms with Gasteiger partial charge in [0.1, 0.15) is 0 Å². The third-order valence-corrected chi connectivity index (χ3v) is 2.96. The van der Waals surface area contributed by atoms with Crippen LogP contribution in [0.2, 0.25) is 0 Å². The van der Waals surface area contributed by atoms with E-state index in [1.807, 2.05) is 12.3 Å². The molecule has 84 valence electrons. The van der Waals surface area contributed by atoms with Crippen LogP contribution in [-0.2, 0) is 16.0 Å². The molecule has 4 heteroatoms. The highest BCUT2D eigenvalue weighted by atomic mass is 32.1. The molecule has 1 unspecified atom stereocenters. The van der Waals surface area contributed by atoms with Gasteiger partial charge in [0.2, 0.25) is 0 Å². The summed E-state index contributed by atoms with van der Waals surface area (Å²) in [7, 11) is 0. The molecule has 0 saturated carbocycles. The molecule has 0 radical (unpaired) electrons. The molecule has 0 aromatic carbocycles. The number of esters is 1. The zero-order chi connectivity index (χ0) is 11.1. The minimum Gasteiger partial charge on any atom is -0.466 e. The van der Waals surface area contributed by atoms with Gasteiger partial charge in [-0.3, -0.25) is 4.79 Å². The first-order valence-electron chi connectivity index (χ1n) is 5.32. The topological polar surface area (TPSA) is 39.2 Å². The maximum Gasteiger partial charge on any atom is 0.309 e. The second-order valence-corrected chi connectivity index (χ2v) is 4.35. The van der Waals surface area contributed by atoms with Crippen molar-refractivity contribution in [3.63, 3.8) is 0 Å². The van der Waals surface area contributed by atoms with Crippen molar-refractivity contribution in [1.29, 1.82) is 0 Å². The molecule has 0 saturated heterocycles. The Labute approximate surface area is 94.5 Å². The van der Waals surface area contributed by atoms with Crippen molar-refractivity contribution in [2.45, 2.75) is 33.1 Å². The zero-order valence-corrected chi connectivity index (χ0v) is 10.0. The molecule has 0 spiro atoms. The summed E-state index contributed by atoms with van der Waals surface area (Å²) in [5.74, 6) is -0.115. The van der Waals surface area contributed by atoms with Crippen molar-refractivity contribution in [3.8, 4) is 0 Å². The summed E-state index contributed by atoms with van der Waals surface area (Å²) < 4.78 is 5.04. The van der Waals surface area contributed by atoms with E-state index in [-0.39, 0.29) is 11.9 Å². The molecule has 0 aliphatic heterocycles. The van der Waals surface area contributed by atoms with Crippen LogP contribution < -0.4 is 0 Å². The highest BCUT2D eigenvalue weighted by molar-refractivity contribution is 7.09. The van der Waals surface area contributed by atoms with Gasteiger partial charge in [0, 0.05) is 18.0 Å². The Morgan fingerprint density at radius 2 is 2.40 bits per heavy atom. The van der Waals surface area contributed by atoms with Gasteiger partial charge in [-0.05, 0) is 13.3 Å². The van der Waals surface area contributed by atoms with E-state index >= 15 is 0 Å². The lowest BCUT2D eigenvalue weighted by molar-refractivity contribution is -0.148. The molecule has 15 heavy (non-hydrogen) atoms. The first-order valence-corrected chi connectivity index (χ1v) is 6.20. The van der Waals surface area contributed by atoms with Crippen LogP contribution >= 0.6 is 11.3 Å². The van der Waals surface area contributed by atoms with E-state index in [1.54, 1.807) is 17.5 Å². The summed E-state index contributed by atoms with van der Waals surface area (Å²) >= 11 is 1.59. The highest BCUT2D eigenvalue weighted by Gasteiger charge is 2.20. The molecule has 1 atom stereocenters.